The predicted molar refractivity (Wildman–Crippen MR) is 79.2 cm³/mol. The molecule has 0 aliphatic carbocycles. The van der Waals surface area contributed by atoms with E-state index in [9.17, 15) is 5.11 Å². The van der Waals surface area contributed by atoms with E-state index in [1.54, 1.807) is 30.5 Å². The number of nitrogens with zero attached hydrogens (tertiary/aromatic N) is 1. The molecule has 0 radical (unpaired) electrons. The number of hydrogen-bond acceptors (Lipinski definition) is 2. The Morgan fingerprint density at radius 2 is 2.00 bits per heavy atom. The van der Waals surface area contributed by atoms with Gasteiger partial charge in [-0.25, -0.2) is 0 Å². The van der Waals surface area contributed by atoms with E-state index >= 15 is 0 Å². The van der Waals surface area contributed by atoms with Crippen molar-refractivity contribution >= 4 is 39.4 Å². The van der Waals surface area contributed by atoms with Crippen molar-refractivity contribution in [2.24, 2.45) is 4.99 Å². The zero-order chi connectivity index (χ0) is 13.1. The number of aliphatic imine (C=N–C) groups is 1. The van der Waals surface area contributed by atoms with Gasteiger partial charge < -0.3 is 5.11 Å². The Morgan fingerprint density at radius 1 is 1.22 bits per heavy atom. The number of phenolic OH excluding ortho intramolecular Hbond substituents is 1. The van der Waals surface area contributed by atoms with Gasteiger partial charge in [0.15, 0.2) is 0 Å². The minimum atomic E-state index is 0.195. The van der Waals surface area contributed by atoms with Crippen LogP contribution < -0.4 is 0 Å². The maximum atomic E-state index is 9.67. The van der Waals surface area contributed by atoms with Crippen LogP contribution in [0.1, 0.15) is 11.1 Å². The van der Waals surface area contributed by atoms with Crippen LogP contribution in [0.3, 0.4) is 0 Å². The van der Waals surface area contributed by atoms with Crippen molar-refractivity contribution in [1.29, 1.82) is 0 Å². The molecule has 18 heavy (non-hydrogen) atoms. The smallest absolute Gasteiger partial charge is 0.124 e. The standard InChI is InChI=1S/C14H11BrClNO/c1-9-2-4-12(7-13(9)16)17-8-10-6-11(15)3-5-14(10)18/h2-8,18H,1H3/b17-8+. The van der Waals surface area contributed by atoms with E-state index < -0.39 is 0 Å². The Kier molecular flexibility index (Phi) is 4.04. The van der Waals surface area contributed by atoms with E-state index in [0.717, 1.165) is 15.7 Å². The van der Waals surface area contributed by atoms with Crippen LogP contribution >= 0.6 is 27.5 Å². The Balaban J connectivity index is 2.29. The summed E-state index contributed by atoms with van der Waals surface area (Å²) in [5.41, 5.74) is 2.42. The predicted octanol–water partition coefficient (Wildman–Crippen LogP) is 4.87. The van der Waals surface area contributed by atoms with Crippen molar-refractivity contribution in [1.82, 2.24) is 0 Å². The fourth-order valence-electron chi connectivity index (χ4n) is 1.43. The largest absolute Gasteiger partial charge is 0.507 e. The molecule has 0 fully saturated rings. The van der Waals surface area contributed by atoms with Gasteiger partial charge in [0, 0.05) is 21.3 Å². The first-order valence-electron chi connectivity index (χ1n) is 5.35. The van der Waals surface area contributed by atoms with E-state index in [1.165, 1.54) is 0 Å². The van der Waals surface area contributed by atoms with Gasteiger partial charge >= 0.3 is 0 Å². The second kappa shape index (κ2) is 5.55. The Labute approximate surface area is 119 Å². The fourth-order valence-corrected chi connectivity index (χ4v) is 1.99. The molecule has 0 aromatic heterocycles. The molecule has 0 saturated carbocycles. The maximum Gasteiger partial charge on any atom is 0.124 e. The molecule has 92 valence electrons. The van der Waals surface area contributed by atoms with E-state index in [-0.39, 0.29) is 5.75 Å². The van der Waals surface area contributed by atoms with Crippen LogP contribution in [-0.2, 0) is 0 Å². The van der Waals surface area contributed by atoms with E-state index in [1.807, 2.05) is 19.1 Å². The van der Waals surface area contributed by atoms with Gasteiger partial charge in [0.05, 0.1) is 5.69 Å². The molecule has 2 nitrogen and oxygen atoms in total. The highest BCUT2D eigenvalue weighted by Gasteiger charge is 1.99. The summed E-state index contributed by atoms with van der Waals surface area (Å²) in [4.78, 5) is 4.29. The Bertz CT molecular complexity index is 611. The van der Waals surface area contributed by atoms with Crippen LogP contribution in [0.5, 0.6) is 5.75 Å². The average Bonchev–Trinajstić information content (AvgIpc) is 2.34. The zero-order valence-corrected chi connectivity index (χ0v) is 12.0. The molecule has 0 atom stereocenters. The van der Waals surface area contributed by atoms with E-state index in [2.05, 4.69) is 20.9 Å². The van der Waals surface area contributed by atoms with Gasteiger partial charge in [-0.2, -0.15) is 0 Å². The lowest BCUT2D eigenvalue weighted by Crippen LogP contribution is -1.82. The number of phenols is 1. The number of aryl methyl sites for hydroxylation is 1. The third-order valence-corrected chi connectivity index (χ3v) is 3.40. The number of hydrogen-bond donors (Lipinski definition) is 1. The molecular formula is C14H11BrClNO. The molecule has 0 amide bonds. The Morgan fingerprint density at radius 3 is 2.72 bits per heavy atom. The van der Waals surface area contributed by atoms with Gasteiger partial charge in [-0.3, -0.25) is 4.99 Å². The molecule has 0 heterocycles. The molecule has 2 rings (SSSR count). The first-order chi connectivity index (χ1) is 8.56. The second-order valence-corrected chi connectivity index (χ2v) is 5.22. The second-order valence-electron chi connectivity index (χ2n) is 3.89. The van der Waals surface area contributed by atoms with Gasteiger partial charge in [-0.1, -0.05) is 33.6 Å². The van der Waals surface area contributed by atoms with Crippen molar-refractivity contribution < 1.29 is 5.11 Å². The van der Waals surface area contributed by atoms with Crippen LogP contribution in [0.25, 0.3) is 0 Å². The summed E-state index contributed by atoms with van der Waals surface area (Å²) in [7, 11) is 0. The first kappa shape index (κ1) is 13.1. The zero-order valence-electron chi connectivity index (χ0n) is 9.69. The summed E-state index contributed by atoms with van der Waals surface area (Å²) < 4.78 is 0.892. The minimum absolute atomic E-state index is 0.195. The number of benzene rings is 2. The van der Waals surface area contributed by atoms with Gasteiger partial charge in [0.1, 0.15) is 5.75 Å². The lowest BCUT2D eigenvalue weighted by atomic mass is 10.2. The van der Waals surface area contributed by atoms with Gasteiger partial charge in [-0.15, -0.1) is 0 Å². The summed E-state index contributed by atoms with van der Waals surface area (Å²) in [5, 5.41) is 10.4. The van der Waals surface area contributed by atoms with Crippen LogP contribution in [0.2, 0.25) is 5.02 Å². The SMILES string of the molecule is Cc1ccc(/N=C/c2cc(Br)ccc2O)cc1Cl. The molecule has 1 N–H and O–H groups in total. The van der Waals surface area contributed by atoms with Gasteiger partial charge in [0.2, 0.25) is 0 Å². The molecule has 0 saturated heterocycles. The molecular weight excluding hydrogens is 314 g/mol. The highest BCUT2D eigenvalue weighted by atomic mass is 79.9. The minimum Gasteiger partial charge on any atom is -0.507 e. The first-order valence-corrected chi connectivity index (χ1v) is 6.52. The van der Waals surface area contributed by atoms with Gasteiger partial charge in [0.25, 0.3) is 0 Å². The topological polar surface area (TPSA) is 32.6 Å². The van der Waals surface area contributed by atoms with Gasteiger partial charge in [-0.05, 0) is 42.8 Å². The van der Waals surface area contributed by atoms with Crippen LogP contribution in [0.4, 0.5) is 5.69 Å². The van der Waals surface area contributed by atoms with Crippen molar-refractivity contribution in [2.75, 3.05) is 0 Å². The summed E-state index contributed by atoms with van der Waals surface area (Å²) in [5.74, 6) is 0.195. The molecule has 2 aromatic carbocycles. The summed E-state index contributed by atoms with van der Waals surface area (Å²) in [6, 6.07) is 10.8. The lowest BCUT2D eigenvalue weighted by molar-refractivity contribution is 0.474. The average molecular weight is 325 g/mol. The third kappa shape index (κ3) is 3.12. The third-order valence-electron chi connectivity index (χ3n) is 2.50. The molecule has 0 spiro atoms. The normalized spacial score (nSPS) is 11.1. The lowest BCUT2D eigenvalue weighted by Gasteiger charge is -2.01. The molecule has 0 aliphatic heterocycles. The highest BCUT2D eigenvalue weighted by molar-refractivity contribution is 9.10. The van der Waals surface area contributed by atoms with E-state index in [4.69, 9.17) is 11.6 Å². The maximum absolute atomic E-state index is 9.67. The van der Waals surface area contributed by atoms with Crippen molar-refractivity contribution in [3.05, 3.63) is 57.0 Å². The Hall–Kier alpha value is -1.32. The molecule has 2 aromatic rings. The fraction of sp³-hybridized carbons (Fsp3) is 0.0714. The summed E-state index contributed by atoms with van der Waals surface area (Å²) in [6.45, 7) is 1.94. The number of aromatic hydroxyl groups is 1. The summed E-state index contributed by atoms with van der Waals surface area (Å²) in [6.07, 6.45) is 1.61. The van der Waals surface area contributed by atoms with Crippen molar-refractivity contribution in [3.63, 3.8) is 0 Å². The summed E-state index contributed by atoms with van der Waals surface area (Å²) >= 11 is 9.37. The molecule has 4 heteroatoms. The van der Waals surface area contributed by atoms with E-state index in [0.29, 0.717) is 10.6 Å². The molecule has 0 unspecified atom stereocenters. The van der Waals surface area contributed by atoms with Crippen LogP contribution in [0.15, 0.2) is 45.9 Å². The number of rotatable bonds is 2. The molecule has 0 aliphatic rings. The van der Waals surface area contributed by atoms with Crippen LogP contribution in [-0.4, -0.2) is 11.3 Å². The highest BCUT2D eigenvalue weighted by Crippen LogP contribution is 2.24. The quantitative estimate of drug-likeness (QED) is 0.786. The van der Waals surface area contributed by atoms with Crippen molar-refractivity contribution in [3.8, 4) is 5.75 Å². The molecule has 0 bridgehead atoms. The van der Waals surface area contributed by atoms with Crippen molar-refractivity contribution in [2.45, 2.75) is 6.92 Å². The number of halogens is 2. The monoisotopic (exact) mass is 323 g/mol. The van der Waals surface area contributed by atoms with Crippen LogP contribution in [0, 0.1) is 6.92 Å².